The second kappa shape index (κ2) is 12.7. The minimum absolute atomic E-state index is 0.00359. The van der Waals surface area contributed by atoms with Crippen molar-refractivity contribution >= 4 is 29.8 Å². The van der Waals surface area contributed by atoms with Gasteiger partial charge in [0.1, 0.15) is 35.9 Å². The Bertz CT molecular complexity index is 1520. The van der Waals surface area contributed by atoms with Gasteiger partial charge in [0.05, 0.1) is 28.7 Å². The molecule has 3 fully saturated rings. The van der Waals surface area contributed by atoms with E-state index in [1.54, 1.807) is 69.3 Å². The first kappa shape index (κ1) is 34.1. The van der Waals surface area contributed by atoms with Crippen molar-refractivity contribution in [2.24, 2.45) is 17.3 Å². The summed E-state index contributed by atoms with van der Waals surface area (Å²) in [6, 6.07) is 16.1. The second-order valence-electron chi connectivity index (χ2n) is 13.0. The first-order valence-corrected chi connectivity index (χ1v) is 15.5. The smallest absolute Gasteiger partial charge is 0.338 e. The van der Waals surface area contributed by atoms with Crippen LogP contribution in [0.4, 0.5) is 0 Å². The fourth-order valence-corrected chi connectivity index (χ4v) is 8.08. The van der Waals surface area contributed by atoms with Gasteiger partial charge in [0.15, 0.2) is 6.10 Å². The number of benzene rings is 2. The summed E-state index contributed by atoms with van der Waals surface area (Å²) in [5.74, 6) is -5.43. The molecule has 2 saturated carbocycles. The topological polar surface area (TPSA) is 161 Å². The Kier molecular flexibility index (Phi) is 9.22. The Balaban J connectivity index is 1.81. The Labute approximate surface area is 272 Å². The lowest BCUT2D eigenvalue weighted by Crippen LogP contribution is -2.81. The fraction of sp³-hybridized carbons (Fsp3) is 0.514. The van der Waals surface area contributed by atoms with E-state index in [1.807, 2.05) is 0 Å². The van der Waals surface area contributed by atoms with Gasteiger partial charge in [-0.2, -0.15) is 0 Å². The van der Waals surface area contributed by atoms with Gasteiger partial charge in [-0.05, 0) is 50.5 Å². The first-order chi connectivity index (χ1) is 22.2. The largest absolute Gasteiger partial charge is 0.465 e. The summed E-state index contributed by atoms with van der Waals surface area (Å²) in [4.78, 5) is 65.7. The number of carbonyl (C=O) groups is 5. The fourth-order valence-electron chi connectivity index (χ4n) is 8.08. The molecule has 0 aromatic heterocycles. The normalized spacial score (nSPS) is 33.5. The van der Waals surface area contributed by atoms with E-state index in [9.17, 15) is 29.1 Å². The van der Waals surface area contributed by atoms with Crippen molar-refractivity contribution in [2.75, 3.05) is 6.61 Å². The summed E-state index contributed by atoms with van der Waals surface area (Å²) in [6.07, 6.45) is -7.14. The van der Waals surface area contributed by atoms with Crippen molar-refractivity contribution in [3.05, 3.63) is 71.8 Å². The zero-order chi connectivity index (χ0) is 34.3. The Morgan fingerprint density at radius 3 is 1.77 bits per heavy atom. The third kappa shape index (κ3) is 5.78. The lowest BCUT2D eigenvalue weighted by molar-refractivity contribution is -0.327. The maximum atomic E-state index is 13.7. The molecule has 1 heterocycles. The molecular weight excluding hydrogens is 612 g/mol. The van der Waals surface area contributed by atoms with Crippen LogP contribution in [0.3, 0.4) is 0 Å². The molecule has 2 aromatic carbocycles. The highest BCUT2D eigenvalue weighted by molar-refractivity contribution is 5.90. The van der Waals surface area contributed by atoms with E-state index in [4.69, 9.17) is 28.4 Å². The zero-order valence-corrected chi connectivity index (χ0v) is 27.2. The van der Waals surface area contributed by atoms with Crippen LogP contribution in [0.25, 0.3) is 0 Å². The van der Waals surface area contributed by atoms with Crippen LogP contribution in [0, 0.1) is 17.3 Å². The lowest BCUT2D eigenvalue weighted by Gasteiger charge is -2.64. The van der Waals surface area contributed by atoms with E-state index in [-0.39, 0.29) is 17.5 Å². The van der Waals surface area contributed by atoms with Crippen LogP contribution in [-0.2, 0) is 42.8 Å². The van der Waals surface area contributed by atoms with Crippen LogP contribution in [0.2, 0.25) is 0 Å². The maximum absolute atomic E-state index is 13.7. The van der Waals surface area contributed by atoms with Crippen molar-refractivity contribution in [3.63, 3.8) is 0 Å². The SMILES string of the molecule is CC(=O)OC[C@]12[C@H](OC(C)=O)[C@H](OC(=O)c3ccccc3)[C@@H]3[C@@H](OC(C)=O)[C@]1(OC3(C)C)[C@H](C)C[C@H](O)[C@@H]2OC(=O)c1ccccc1. The Morgan fingerprint density at radius 1 is 0.745 bits per heavy atom. The van der Waals surface area contributed by atoms with Crippen LogP contribution in [0.15, 0.2) is 60.7 Å². The molecule has 2 aliphatic carbocycles. The number of fused-ring (bicyclic) bond motifs is 1. The summed E-state index contributed by atoms with van der Waals surface area (Å²) < 4.78 is 37.1. The second-order valence-corrected chi connectivity index (χ2v) is 13.0. The van der Waals surface area contributed by atoms with Gasteiger partial charge >= 0.3 is 29.8 Å². The van der Waals surface area contributed by atoms with Gasteiger partial charge in [-0.3, -0.25) is 14.4 Å². The molecule has 0 radical (unpaired) electrons. The quantitative estimate of drug-likeness (QED) is 0.327. The van der Waals surface area contributed by atoms with Gasteiger partial charge < -0.3 is 33.5 Å². The van der Waals surface area contributed by atoms with E-state index in [0.717, 1.165) is 6.92 Å². The molecule has 0 unspecified atom stereocenters. The molecule has 2 bridgehead atoms. The molecule has 47 heavy (non-hydrogen) atoms. The van der Waals surface area contributed by atoms with Gasteiger partial charge in [-0.15, -0.1) is 0 Å². The number of aliphatic hydroxyl groups excluding tert-OH is 1. The molecule has 5 rings (SSSR count). The lowest BCUT2D eigenvalue weighted by atomic mass is 9.47. The minimum Gasteiger partial charge on any atom is -0.465 e. The number of carbonyl (C=O) groups excluding carboxylic acids is 5. The highest BCUT2D eigenvalue weighted by Gasteiger charge is 2.85. The van der Waals surface area contributed by atoms with Gasteiger partial charge in [-0.25, -0.2) is 9.59 Å². The third-order valence-electron chi connectivity index (χ3n) is 9.65. The van der Waals surface area contributed by atoms with Crippen LogP contribution in [0.1, 0.15) is 68.7 Å². The molecule has 12 heteroatoms. The van der Waals surface area contributed by atoms with Gasteiger partial charge in [0, 0.05) is 20.8 Å². The zero-order valence-electron chi connectivity index (χ0n) is 27.2. The highest BCUT2D eigenvalue weighted by atomic mass is 16.6. The van der Waals surface area contributed by atoms with Crippen LogP contribution in [0.5, 0.6) is 0 Å². The van der Waals surface area contributed by atoms with Crippen molar-refractivity contribution in [1.29, 1.82) is 0 Å². The van der Waals surface area contributed by atoms with Gasteiger partial charge in [0.25, 0.3) is 0 Å². The average Bonchev–Trinajstić information content (AvgIpc) is 3.20. The molecule has 12 nitrogen and oxygen atoms in total. The maximum Gasteiger partial charge on any atom is 0.338 e. The summed E-state index contributed by atoms with van der Waals surface area (Å²) in [5, 5.41) is 11.8. The molecule has 1 spiro atoms. The number of ether oxygens (including phenoxy) is 6. The van der Waals surface area contributed by atoms with Crippen molar-refractivity contribution in [2.45, 2.75) is 89.7 Å². The summed E-state index contributed by atoms with van der Waals surface area (Å²) >= 11 is 0. The van der Waals surface area contributed by atoms with Crippen molar-refractivity contribution in [1.82, 2.24) is 0 Å². The van der Waals surface area contributed by atoms with E-state index in [0.29, 0.717) is 0 Å². The van der Waals surface area contributed by atoms with Crippen LogP contribution in [-0.4, -0.2) is 83.3 Å². The molecular formula is C35H40O12. The Morgan fingerprint density at radius 2 is 1.26 bits per heavy atom. The minimum atomic E-state index is -1.97. The molecule has 252 valence electrons. The van der Waals surface area contributed by atoms with Gasteiger partial charge in [-0.1, -0.05) is 43.3 Å². The van der Waals surface area contributed by atoms with Gasteiger partial charge in [0.2, 0.25) is 0 Å². The summed E-state index contributed by atoms with van der Waals surface area (Å²) in [5.41, 5.74) is -4.56. The molecule has 2 aromatic rings. The standard InChI is InChI=1S/C35H40O12/c1-19-17-25(39)28(46-32(41)24-15-11-8-12-16-24)34(18-42-20(2)36)30(44-22(4)38)27(45-31(40)23-13-9-7-10-14-23)26-29(43-21(3)37)35(19,34)47-33(26,5)6/h7-16,19,25-30,39H,17-18H2,1-6H3/t19-,25+,26-,27-,28+,29-,30-,34+,35-/m1/s1. The summed E-state index contributed by atoms with van der Waals surface area (Å²) in [7, 11) is 0. The first-order valence-electron chi connectivity index (χ1n) is 15.5. The van der Waals surface area contributed by atoms with E-state index < -0.39 is 95.4 Å². The molecule has 1 saturated heterocycles. The Hall–Kier alpha value is -4.29. The number of hydrogen-bond acceptors (Lipinski definition) is 12. The number of aliphatic hydroxyl groups is 1. The molecule has 1 N–H and O–H groups in total. The number of hydrogen-bond donors (Lipinski definition) is 1. The third-order valence-corrected chi connectivity index (χ3v) is 9.65. The summed E-state index contributed by atoms with van der Waals surface area (Å²) in [6.45, 7) is 8.12. The van der Waals surface area contributed by atoms with Crippen LogP contribution >= 0.6 is 0 Å². The van der Waals surface area contributed by atoms with Crippen molar-refractivity contribution in [3.8, 4) is 0 Å². The predicted octanol–water partition coefficient (Wildman–Crippen LogP) is 3.43. The van der Waals surface area contributed by atoms with Crippen molar-refractivity contribution < 1.29 is 57.5 Å². The average molecular weight is 653 g/mol. The molecule has 0 amide bonds. The molecule has 1 aliphatic heterocycles. The van der Waals surface area contributed by atoms with E-state index in [1.165, 1.54) is 26.0 Å². The molecule has 3 aliphatic rings. The monoisotopic (exact) mass is 652 g/mol. The van der Waals surface area contributed by atoms with Crippen LogP contribution < -0.4 is 0 Å². The van der Waals surface area contributed by atoms with E-state index >= 15 is 0 Å². The number of rotatable bonds is 8. The molecule has 9 atom stereocenters. The number of esters is 5. The van der Waals surface area contributed by atoms with E-state index in [2.05, 4.69) is 0 Å². The highest BCUT2D eigenvalue weighted by Crippen LogP contribution is 2.68. The predicted molar refractivity (Wildman–Crippen MR) is 163 cm³/mol.